The summed E-state index contributed by atoms with van der Waals surface area (Å²) in [6.07, 6.45) is 0. The van der Waals surface area contributed by atoms with Crippen LogP contribution in [0.2, 0.25) is 5.02 Å². The topological polar surface area (TPSA) is 82.2 Å². The molecule has 0 aliphatic heterocycles. The summed E-state index contributed by atoms with van der Waals surface area (Å²) in [6.45, 7) is 8.71. The number of rotatable bonds is 7. The number of carbonyl (C=O) groups excluding carboxylic acids is 1. The molecule has 0 fully saturated rings. The molecule has 0 aliphatic rings. The fraction of sp³-hybridized carbons (Fsp3) is 0.350. The van der Waals surface area contributed by atoms with Gasteiger partial charge in [-0.3, -0.25) is 9.48 Å². The average molecular weight is 403 g/mol. The molecule has 0 saturated carbocycles. The van der Waals surface area contributed by atoms with Gasteiger partial charge in [-0.2, -0.15) is 5.10 Å². The number of carbonyl (C=O) groups is 1. The second kappa shape index (κ2) is 8.48. The quantitative estimate of drug-likeness (QED) is 0.650. The SMILES string of the molecule is Cc1nn(CCNC(=O)c2ccccc2OCc2c(C)noc2C)c(C)c1Cl. The van der Waals surface area contributed by atoms with E-state index in [2.05, 4.69) is 15.6 Å². The first-order valence-electron chi connectivity index (χ1n) is 8.99. The Kier molecular flexibility index (Phi) is 6.04. The number of nitrogens with one attached hydrogen (secondary N) is 1. The lowest BCUT2D eigenvalue weighted by molar-refractivity contribution is 0.0947. The summed E-state index contributed by atoms with van der Waals surface area (Å²) < 4.78 is 12.8. The molecule has 28 heavy (non-hydrogen) atoms. The molecule has 3 aromatic rings. The lowest BCUT2D eigenvalue weighted by atomic mass is 10.2. The van der Waals surface area contributed by atoms with Crippen LogP contribution in [-0.4, -0.2) is 27.4 Å². The van der Waals surface area contributed by atoms with Gasteiger partial charge in [-0.1, -0.05) is 28.9 Å². The largest absolute Gasteiger partial charge is 0.488 e. The van der Waals surface area contributed by atoms with E-state index in [0.717, 1.165) is 22.6 Å². The number of ether oxygens (including phenoxy) is 1. The van der Waals surface area contributed by atoms with Gasteiger partial charge in [0.05, 0.1) is 39.8 Å². The minimum Gasteiger partial charge on any atom is -0.488 e. The number of aryl methyl sites for hydroxylation is 3. The number of amides is 1. The summed E-state index contributed by atoms with van der Waals surface area (Å²) in [5, 5.41) is 11.8. The molecule has 8 heteroatoms. The highest BCUT2D eigenvalue weighted by molar-refractivity contribution is 6.31. The molecule has 0 spiro atoms. The van der Waals surface area contributed by atoms with Crippen LogP contribution < -0.4 is 10.1 Å². The molecule has 0 radical (unpaired) electrons. The summed E-state index contributed by atoms with van der Waals surface area (Å²) >= 11 is 6.16. The Morgan fingerprint density at radius 2 is 1.96 bits per heavy atom. The predicted octanol–water partition coefficient (Wildman–Crippen LogP) is 3.77. The van der Waals surface area contributed by atoms with E-state index >= 15 is 0 Å². The molecule has 1 aromatic carbocycles. The molecular formula is C20H23ClN4O3. The highest BCUT2D eigenvalue weighted by Crippen LogP contribution is 2.22. The van der Waals surface area contributed by atoms with Crippen LogP contribution >= 0.6 is 11.6 Å². The molecule has 1 amide bonds. The minimum absolute atomic E-state index is 0.206. The molecule has 148 valence electrons. The molecular weight excluding hydrogens is 380 g/mol. The van der Waals surface area contributed by atoms with E-state index in [9.17, 15) is 4.79 Å². The van der Waals surface area contributed by atoms with Crippen molar-refractivity contribution in [2.24, 2.45) is 0 Å². The fourth-order valence-corrected chi connectivity index (χ4v) is 3.04. The number of hydrogen-bond acceptors (Lipinski definition) is 5. The van der Waals surface area contributed by atoms with Gasteiger partial charge in [0.15, 0.2) is 0 Å². The molecule has 0 saturated heterocycles. The van der Waals surface area contributed by atoms with Crippen LogP contribution in [0.1, 0.15) is 38.8 Å². The molecule has 1 N–H and O–H groups in total. The Labute approximate surface area is 168 Å². The maximum Gasteiger partial charge on any atom is 0.255 e. The van der Waals surface area contributed by atoms with Gasteiger partial charge in [0.1, 0.15) is 18.1 Å². The Bertz CT molecular complexity index is 974. The first-order valence-corrected chi connectivity index (χ1v) is 9.37. The predicted molar refractivity (Wildman–Crippen MR) is 106 cm³/mol. The number of para-hydroxylation sites is 1. The van der Waals surface area contributed by atoms with Crippen LogP contribution in [0.15, 0.2) is 28.8 Å². The van der Waals surface area contributed by atoms with Crippen molar-refractivity contribution in [3.8, 4) is 5.75 Å². The third-order valence-electron chi connectivity index (χ3n) is 4.59. The maximum absolute atomic E-state index is 12.6. The molecule has 2 heterocycles. The standard InChI is InChI=1S/C20H23ClN4O3/c1-12-17(15(4)28-24-12)11-27-18-8-6-5-7-16(18)20(26)22-9-10-25-14(3)19(21)13(2)23-25/h5-8H,9-11H2,1-4H3,(H,22,26). The number of benzene rings is 1. The van der Waals surface area contributed by atoms with Crippen molar-refractivity contribution in [1.82, 2.24) is 20.3 Å². The lowest BCUT2D eigenvalue weighted by Crippen LogP contribution is -2.28. The normalized spacial score (nSPS) is 10.9. The minimum atomic E-state index is -0.206. The Morgan fingerprint density at radius 3 is 2.61 bits per heavy atom. The summed E-state index contributed by atoms with van der Waals surface area (Å²) in [4.78, 5) is 12.6. The van der Waals surface area contributed by atoms with Gasteiger partial charge >= 0.3 is 0 Å². The van der Waals surface area contributed by atoms with Crippen LogP contribution in [0.4, 0.5) is 0 Å². The first kappa shape index (κ1) is 19.9. The Morgan fingerprint density at radius 1 is 1.21 bits per heavy atom. The summed E-state index contributed by atoms with van der Waals surface area (Å²) in [5.41, 5.74) is 3.81. The van der Waals surface area contributed by atoms with Gasteiger partial charge in [0.25, 0.3) is 5.91 Å². The van der Waals surface area contributed by atoms with Crippen molar-refractivity contribution >= 4 is 17.5 Å². The van der Waals surface area contributed by atoms with E-state index in [0.29, 0.717) is 35.2 Å². The van der Waals surface area contributed by atoms with E-state index in [1.807, 2.05) is 33.8 Å². The van der Waals surface area contributed by atoms with Crippen LogP contribution in [0.3, 0.4) is 0 Å². The van der Waals surface area contributed by atoms with Crippen LogP contribution in [0.25, 0.3) is 0 Å². The van der Waals surface area contributed by atoms with Gasteiger partial charge < -0.3 is 14.6 Å². The maximum atomic E-state index is 12.6. The van der Waals surface area contributed by atoms with Crippen molar-refractivity contribution < 1.29 is 14.1 Å². The van der Waals surface area contributed by atoms with E-state index in [-0.39, 0.29) is 12.5 Å². The smallest absolute Gasteiger partial charge is 0.255 e. The van der Waals surface area contributed by atoms with Gasteiger partial charge in [0.2, 0.25) is 0 Å². The molecule has 3 rings (SSSR count). The van der Waals surface area contributed by atoms with Crippen molar-refractivity contribution in [3.05, 3.63) is 63.3 Å². The van der Waals surface area contributed by atoms with Gasteiger partial charge in [0, 0.05) is 6.54 Å². The second-order valence-electron chi connectivity index (χ2n) is 6.55. The zero-order chi connectivity index (χ0) is 20.3. The number of nitrogens with zero attached hydrogens (tertiary/aromatic N) is 3. The van der Waals surface area contributed by atoms with E-state index in [1.54, 1.807) is 22.9 Å². The van der Waals surface area contributed by atoms with Crippen LogP contribution in [0.5, 0.6) is 5.75 Å². The summed E-state index contributed by atoms with van der Waals surface area (Å²) in [7, 11) is 0. The van der Waals surface area contributed by atoms with Gasteiger partial charge in [-0.05, 0) is 39.8 Å². The molecule has 0 bridgehead atoms. The molecule has 2 aromatic heterocycles. The van der Waals surface area contributed by atoms with Crippen molar-refractivity contribution in [2.45, 2.75) is 40.8 Å². The number of aromatic nitrogens is 3. The zero-order valence-corrected chi connectivity index (χ0v) is 17.1. The zero-order valence-electron chi connectivity index (χ0n) is 16.4. The first-order chi connectivity index (χ1) is 13.4. The van der Waals surface area contributed by atoms with E-state index < -0.39 is 0 Å². The van der Waals surface area contributed by atoms with E-state index in [4.69, 9.17) is 20.9 Å². The molecule has 0 aliphatic carbocycles. The molecule has 7 nitrogen and oxygen atoms in total. The Balaban J connectivity index is 1.63. The number of hydrogen-bond donors (Lipinski definition) is 1. The van der Waals surface area contributed by atoms with Crippen molar-refractivity contribution in [3.63, 3.8) is 0 Å². The second-order valence-corrected chi connectivity index (χ2v) is 6.93. The van der Waals surface area contributed by atoms with Crippen molar-refractivity contribution in [2.75, 3.05) is 6.54 Å². The van der Waals surface area contributed by atoms with Gasteiger partial charge in [-0.15, -0.1) is 0 Å². The fourth-order valence-electron chi connectivity index (χ4n) is 2.90. The van der Waals surface area contributed by atoms with Crippen LogP contribution in [0, 0.1) is 27.7 Å². The summed E-state index contributed by atoms with van der Waals surface area (Å²) in [6, 6.07) is 7.14. The number of halogens is 1. The highest BCUT2D eigenvalue weighted by atomic mass is 35.5. The third-order valence-corrected chi connectivity index (χ3v) is 5.13. The molecule has 0 unspecified atom stereocenters. The lowest BCUT2D eigenvalue weighted by Gasteiger charge is -2.12. The Hall–Kier alpha value is -2.80. The van der Waals surface area contributed by atoms with E-state index in [1.165, 1.54) is 0 Å². The summed E-state index contributed by atoms with van der Waals surface area (Å²) in [5.74, 6) is 1.01. The van der Waals surface area contributed by atoms with Gasteiger partial charge in [-0.25, -0.2) is 0 Å². The monoisotopic (exact) mass is 402 g/mol. The average Bonchev–Trinajstić information content (AvgIpc) is 3.13. The highest BCUT2D eigenvalue weighted by Gasteiger charge is 2.15. The van der Waals surface area contributed by atoms with Crippen LogP contribution in [-0.2, 0) is 13.2 Å². The molecule has 0 atom stereocenters. The van der Waals surface area contributed by atoms with Crippen molar-refractivity contribution in [1.29, 1.82) is 0 Å². The third kappa shape index (κ3) is 4.20.